The minimum Gasteiger partial charge on any atom is -0.473 e. The maximum Gasteiger partial charge on any atom is 0.217 e. The molecule has 1 heterocycles. The minimum atomic E-state index is -0.906. The maximum absolute atomic E-state index is 13.2. The monoisotopic (exact) mass is 346 g/mol. The smallest absolute Gasteiger partial charge is 0.217 e. The number of benzene rings is 2. The number of halogens is 3. The molecule has 0 saturated carbocycles. The molecule has 1 aromatic heterocycles. The highest BCUT2D eigenvalue weighted by atomic mass is 35.5. The lowest BCUT2D eigenvalue weighted by molar-refractivity contribution is 0.292. The Morgan fingerprint density at radius 2 is 1.71 bits per heavy atom. The van der Waals surface area contributed by atoms with Crippen molar-refractivity contribution in [3.63, 3.8) is 0 Å². The van der Waals surface area contributed by atoms with Crippen LogP contribution in [0.3, 0.4) is 0 Å². The number of hydrogen-bond acceptors (Lipinski definition) is 3. The minimum absolute atomic E-state index is 0.0771. The third kappa shape index (κ3) is 3.86. The average Bonchev–Trinajstić information content (AvgIpc) is 2.56. The summed E-state index contributed by atoms with van der Waals surface area (Å²) in [6.45, 7) is 1.90. The van der Waals surface area contributed by atoms with Crippen molar-refractivity contribution >= 4 is 11.6 Å². The maximum atomic E-state index is 13.2. The van der Waals surface area contributed by atoms with Crippen LogP contribution in [0.4, 0.5) is 8.78 Å². The molecule has 0 radical (unpaired) electrons. The van der Waals surface area contributed by atoms with E-state index in [1.165, 1.54) is 6.07 Å². The third-order valence-electron chi connectivity index (χ3n) is 3.30. The van der Waals surface area contributed by atoms with E-state index < -0.39 is 11.6 Å². The highest BCUT2D eigenvalue weighted by molar-refractivity contribution is 6.30. The van der Waals surface area contributed by atoms with Crippen molar-refractivity contribution in [2.75, 3.05) is 0 Å². The first-order valence-corrected chi connectivity index (χ1v) is 7.57. The van der Waals surface area contributed by atoms with Gasteiger partial charge in [-0.2, -0.15) is 4.98 Å². The van der Waals surface area contributed by atoms with Gasteiger partial charge in [0.2, 0.25) is 5.88 Å². The van der Waals surface area contributed by atoms with Gasteiger partial charge >= 0.3 is 0 Å². The number of nitrogens with zero attached hydrogens (tertiary/aromatic N) is 2. The Hall–Kier alpha value is -2.53. The van der Waals surface area contributed by atoms with Crippen LogP contribution in [0, 0.1) is 18.6 Å². The van der Waals surface area contributed by atoms with E-state index in [1.807, 2.05) is 19.1 Å². The molecule has 0 spiro atoms. The van der Waals surface area contributed by atoms with Gasteiger partial charge in [0.1, 0.15) is 6.61 Å². The fourth-order valence-electron chi connectivity index (χ4n) is 2.13. The molecule has 2 aromatic carbocycles. The van der Waals surface area contributed by atoms with E-state index in [0.29, 0.717) is 22.3 Å². The predicted octanol–water partition coefficient (Wildman–Crippen LogP) is 4.96. The molecular formula is C18H13ClF2N2O. The molecule has 0 N–H and O–H groups in total. The summed E-state index contributed by atoms with van der Waals surface area (Å²) in [7, 11) is 0. The van der Waals surface area contributed by atoms with Crippen molar-refractivity contribution in [1.29, 1.82) is 0 Å². The molecule has 122 valence electrons. The van der Waals surface area contributed by atoms with Gasteiger partial charge < -0.3 is 4.74 Å². The first-order chi connectivity index (χ1) is 11.5. The molecule has 0 aliphatic heterocycles. The van der Waals surface area contributed by atoms with Crippen LogP contribution in [-0.4, -0.2) is 9.97 Å². The van der Waals surface area contributed by atoms with Crippen LogP contribution in [0.25, 0.3) is 11.4 Å². The summed E-state index contributed by atoms with van der Waals surface area (Å²) in [6, 6.07) is 12.5. The second-order valence-electron chi connectivity index (χ2n) is 5.22. The van der Waals surface area contributed by atoms with E-state index in [1.54, 1.807) is 18.2 Å². The fraction of sp³-hybridized carbons (Fsp3) is 0.111. The van der Waals surface area contributed by atoms with Crippen LogP contribution in [-0.2, 0) is 6.61 Å². The van der Waals surface area contributed by atoms with Crippen molar-refractivity contribution in [3.05, 3.63) is 76.4 Å². The molecule has 0 atom stereocenters. The predicted molar refractivity (Wildman–Crippen MR) is 87.9 cm³/mol. The second kappa shape index (κ2) is 6.93. The Morgan fingerprint density at radius 1 is 0.958 bits per heavy atom. The zero-order chi connectivity index (χ0) is 17.1. The molecule has 24 heavy (non-hydrogen) atoms. The van der Waals surface area contributed by atoms with Gasteiger partial charge in [-0.15, -0.1) is 0 Å². The van der Waals surface area contributed by atoms with Gasteiger partial charge in [0.25, 0.3) is 0 Å². The van der Waals surface area contributed by atoms with Gasteiger partial charge in [-0.1, -0.05) is 17.7 Å². The normalized spacial score (nSPS) is 10.7. The standard InChI is InChI=1S/C18H13ClF2N2O/c1-11-8-17(24-10-12-2-7-15(20)16(21)9-12)23-18(22-11)13-3-5-14(19)6-4-13/h2-9H,10H2,1H3. The molecule has 3 nitrogen and oxygen atoms in total. The quantitative estimate of drug-likeness (QED) is 0.669. The van der Waals surface area contributed by atoms with E-state index in [-0.39, 0.29) is 6.61 Å². The largest absolute Gasteiger partial charge is 0.473 e. The van der Waals surface area contributed by atoms with Crippen molar-refractivity contribution in [1.82, 2.24) is 9.97 Å². The topological polar surface area (TPSA) is 35.0 Å². The van der Waals surface area contributed by atoms with Crippen molar-refractivity contribution in [3.8, 4) is 17.3 Å². The number of aryl methyl sites for hydroxylation is 1. The Morgan fingerprint density at radius 3 is 2.42 bits per heavy atom. The number of rotatable bonds is 4. The summed E-state index contributed by atoms with van der Waals surface area (Å²) in [5, 5.41) is 0.626. The highest BCUT2D eigenvalue weighted by Gasteiger charge is 2.08. The van der Waals surface area contributed by atoms with Crippen LogP contribution >= 0.6 is 11.6 Å². The molecule has 0 aliphatic carbocycles. The average molecular weight is 347 g/mol. The Labute approximate surface area is 142 Å². The molecule has 3 rings (SSSR count). The molecule has 0 unspecified atom stereocenters. The molecule has 6 heteroatoms. The van der Waals surface area contributed by atoms with Crippen LogP contribution in [0.15, 0.2) is 48.5 Å². The number of ether oxygens (including phenoxy) is 1. The summed E-state index contributed by atoms with van der Waals surface area (Å²) < 4.78 is 31.7. The van der Waals surface area contributed by atoms with Gasteiger partial charge in [0.05, 0.1) is 0 Å². The lowest BCUT2D eigenvalue weighted by atomic mass is 10.2. The van der Waals surface area contributed by atoms with Crippen LogP contribution in [0.1, 0.15) is 11.3 Å². The second-order valence-corrected chi connectivity index (χ2v) is 5.65. The summed E-state index contributed by atoms with van der Waals surface area (Å²) in [5.41, 5.74) is 2.05. The van der Waals surface area contributed by atoms with Crippen LogP contribution in [0.2, 0.25) is 5.02 Å². The van der Waals surface area contributed by atoms with Crippen LogP contribution < -0.4 is 4.74 Å². The summed E-state index contributed by atoms with van der Waals surface area (Å²) in [5.74, 6) is -0.928. The summed E-state index contributed by atoms with van der Waals surface area (Å²) >= 11 is 5.88. The Bertz CT molecular complexity index is 869. The SMILES string of the molecule is Cc1cc(OCc2ccc(F)c(F)c2)nc(-c2ccc(Cl)cc2)n1. The highest BCUT2D eigenvalue weighted by Crippen LogP contribution is 2.21. The van der Waals surface area contributed by atoms with Crippen LogP contribution in [0.5, 0.6) is 5.88 Å². The van der Waals surface area contributed by atoms with Gasteiger partial charge in [-0.3, -0.25) is 0 Å². The van der Waals surface area contributed by atoms with Gasteiger partial charge in [0.15, 0.2) is 17.5 Å². The molecular weight excluding hydrogens is 334 g/mol. The lowest BCUT2D eigenvalue weighted by Crippen LogP contribution is -2.01. The number of hydrogen-bond donors (Lipinski definition) is 0. The van der Waals surface area contributed by atoms with E-state index in [9.17, 15) is 8.78 Å². The first kappa shape index (κ1) is 16.3. The zero-order valence-corrected chi connectivity index (χ0v) is 13.5. The molecule has 0 amide bonds. The molecule has 0 aliphatic rings. The summed E-state index contributed by atoms with van der Waals surface area (Å²) in [4.78, 5) is 8.71. The lowest BCUT2D eigenvalue weighted by Gasteiger charge is -2.09. The first-order valence-electron chi connectivity index (χ1n) is 7.19. The summed E-state index contributed by atoms with van der Waals surface area (Å²) in [6.07, 6.45) is 0. The molecule has 0 saturated heterocycles. The Kier molecular flexibility index (Phi) is 4.71. The number of aromatic nitrogens is 2. The fourth-order valence-corrected chi connectivity index (χ4v) is 2.25. The molecule has 3 aromatic rings. The van der Waals surface area contributed by atoms with Crippen molar-refractivity contribution in [2.45, 2.75) is 13.5 Å². The van der Waals surface area contributed by atoms with Gasteiger partial charge in [-0.05, 0) is 48.9 Å². The Balaban J connectivity index is 1.80. The molecule has 0 fully saturated rings. The van der Waals surface area contributed by atoms with E-state index in [4.69, 9.17) is 16.3 Å². The van der Waals surface area contributed by atoms with Gasteiger partial charge in [-0.25, -0.2) is 13.8 Å². The van der Waals surface area contributed by atoms with E-state index >= 15 is 0 Å². The molecule has 0 bridgehead atoms. The van der Waals surface area contributed by atoms with E-state index in [0.717, 1.165) is 23.4 Å². The van der Waals surface area contributed by atoms with Gasteiger partial charge in [0, 0.05) is 22.3 Å². The zero-order valence-electron chi connectivity index (χ0n) is 12.8. The van der Waals surface area contributed by atoms with Crippen molar-refractivity contribution < 1.29 is 13.5 Å². The third-order valence-corrected chi connectivity index (χ3v) is 3.56. The van der Waals surface area contributed by atoms with E-state index in [2.05, 4.69) is 9.97 Å². The van der Waals surface area contributed by atoms with Crippen molar-refractivity contribution in [2.24, 2.45) is 0 Å².